The molecular weight excluding hydrogens is 484 g/mol. The number of nitrogens with zero attached hydrogens (tertiary/aromatic N) is 2. The Kier molecular flexibility index (Phi) is 9.72. The monoisotopic (exact) mass is 518 g/mol. The fourth-order valence-electron chi connectivity index (χ4n) is 4.32. The number of benzene rings is 3. The first-order valence-corrected chi connectivity index (χ1v) is 12.7. The van der Waals surface area contributed by atoms with E-state index >= 15 is 0 Å². The molecule has 38 heavy (non-hydrogen) atoms. The first kappa shape index (κ1) is 27.2. The van der Waals surface area contributed by atoms with Crippen LogP contribution < -0.4 is 9.47 Å². The van der Waals surface area contributed by atoms with Gasteiger partial charge in [-0.15, -0.1) is 0 Å². The zero-order valence-electron chi connectivity index (χ0n) is 21.9. The number of methoxy groups -OCH3 is 2. The molecule has 3 aromatic carbocycles. The van der Waals surface area contributed by atoms with Crippen LogP contribution in [0.2, 0.25) is 0 Å². The van der Waals surface area contributed by atoms with E-state index in [0.29, 0.717) is 37.6 Å². The molecule has 1 atom stereocenters. The largest absolute Gasteiger partial charge is 0.497 e. The second-order valence-corrected chi connectivity index (χ2v) is 9.05. The number of ether oxygens (including phenoxy) is 4. The topological polar surface area (TPSA) is 77.5 Å². The fraction of sp³-hybridized carbons (Fsp3) is 0.333. The van der Waals surface area contributed by atoms with Gasteiger partial charge in [0, 0.05) is 32.7 Å². The van der Waals surface area contributed by atoms with E-state index in [-0.39, 0.29) is 24.6 Å². The van der Waals surface area contributed by atoms with Crippen molar-refractivity contribution in [3.63, 3.8) is 0 Å². The zero-order valence-corrected chi connectivity index (χ0v) is 21.9. The number of amides is 1. The van der Waals surface area contributed by atoms with Gasteiger partial charge in [-0.25, -0.2) is 4.79 Å². The number of para-hydroxylation sites is 1. The summed E-state index contributed by atoms with van der Waals surface area (Å²) in [6, 6.07) is 24.5. The smallest absolute Gasteiger partial charge is 0.337 e. The highest BCUT2D eigenvalue weighted by molar-refractivity contribution is 5.89. The Morgan fingerprint density at radius 1 is 0.842 bits per heavy atom. The maximum Gasteiger partial charge on any atom is 0.337 e. The van der Waals surface area contributed by atoms with E-state index in [4.69, 9.17) is 18.9 Å². The summed E-state index contributed by atoms with van der Waals surface area (Å²) >= 11 is 0. The van der Waals surface area contributed by atoms with Gasteiger partial charge in [0.05, 0.1) is 32.5 Å². The molecule has 1 aliphatic rings. The Labute approximate surface area is 223 Å². The van der Waals surface area contributed by atoms with Crippen molar-refractivity contribution < 1.29 is 28.5 Å². The molecule has 0 bridgehead atoms. The van der Waals surface area contributed by atoms with Crippen LogP contribution in [0.1, 0.15) is 27.6 Å². The Morgan fingerprint density at radius 3 is 2.24 bits per heavy atom. The van der Waals surface area contributed by atoms with Crippen LogP contribution in [0.25, 0.3) is 0 Å². The van der Waals surface area contributed by atoms with Crippen molar-refractivity contribution in [2.75, 3.05) is 53.6 Å². The summed E-state index contributed by atoms with van der Waals surface area (Å²) < 4.78 is 22.2. The Bertz CT molecular complexity index is 1180. The second kappa shape index (κ2) is 13.6. The maximum absolute atomic E-state index is 12.7. The van der Waals surface area contributed by atoms with Crippen LogP contribution in [-0.2, 0) is 20.9 Å². The van der Waals surface area contributed by atoms with Crippen molar-refractivity contribution in [3.8, 4) is 11.5 Å². The minimum Gasteiger partial charge on any atom is -0.497 e. The average molecular weight is 519 g/mol. The summed E-state index contributed by atoms with van der Waals surface area (Å²) in [4.78, 5) is 28.5. The van der Waals surface area contributed by atoms with Gasteiger partial charge < -0.3 is 23.8 Å². The molecule has 4 rings (SSSR count). The highest BCUT2D eigenvalue weighted by Gasteiger charge is 2.25. The molecule has 8 heteroatoms. The third-order valence-corrected chi connectivity index (χ3v) is 6.55. The van der Waals surface area contributed by atoms with Crippen LogP contribution in [0, 0.1) is 0 Å². The molecule has 200 valence electrons. The van der Waals surface area contributed by atoms with E-state index < -0.39 is 0 Å². The first-order chi connectivity index (χ1) is 18.6. The highest BCUT2D eigenvalue weighted by Crippen LogP contribution is 2.25. The normalized spacial score (nSPS) is 14.5. The third kappa shape index (κ3) is 7.57. The fourth-order valence-corrected chi connectivity index (χ4v) is 4.32. The molecule has 0 N–H and O–H groups in total. The van der Waals surface area contributed by atoms with Gasteiger partial charge >= 0.3 is 5.97 Å². The number of hydrogen-bond acceptors (Lipinski definition) is 7. The molecule has 1 heterocycles. The predicted molar refractivity (Wildman–Crippen MR) is 143 cm³/mol. The number of rotatable bonds is 11. The molecule has 0 aromatic heterocycles. The van der Waals surface area contributed by atoms with E-state index in [2.05, 4.69) is 4.90 Å². The summed E-state index contributed by atoms with van der Waals surface area (Å²) in [5.41, 5.74) is 2.48. The second-order valence-electron chi connectivity index (χ2n) is 9.05. The minimum atomic E-state index is -0.365. The van der Waals surface area contributed by atoms with Crippen LogP contribution in [0.5, 0.6) is 11.5 Å². The standard InChI is InChI=1S/C30H34N2O6/c1-35-27-10-6-7-25(19-27)28(38-21-23-11-13-24(14-12-23)30(34)36-2)20-31-15-17-32(18-16-31)29(33)22-37-26-8-4-3-5-9-26/h3-14,19,28H,15-18,20-22H2,1-2H3/t28-/m0/s1. The van der Waals surface area contributed by atoms with Crippen molar-refractivity contribution in [1.82, 2.24) is 9.80 Å². The van der Waals surface area contributed by atoms with E-state index in [9.17, 15) is 9.59 Å². The number of esters is 1. The van der Waals surface area contributed by atoms with E-state index in [1.54, 1.807) is 19.2 Å². The van der Waals surface area contributed by atoms with Crippen LogP contribution in [0.3, 0.4) is 0 Å². The molecule has 0 unspecified atom stereocenters. The summed E-state index contributed by atoms with van der Waals surface area (Å²) in [7, 11) is 3.02. The van der Waals surface area contributed by atoms with Crippen LogP contribution in [-0.4, -0.2) is 75.2 Å². The molecule has 3 aromatic rings. The van der Waals surface area contributed by atoms with Crippen molar-refractivity contribution in [2.24, 2.45) is 0 Å². The van der Waals surface area contributed by atoms with E-state index in [1.807, 2.05) is 71.6 Å². The highest BCUT2D eigenvalue weighted by atomic mass is 16.5. The number of hydrogen-bond donors (Lipinski definition) is 0. The van der Waals surface area contributed by atoms with Gasteiger partial charge in [-0.3, -0.25) is 9.69 Å². The Morgan fingerprint density at radius 2 is 1.55 bits per heavy atom. The average Bonchev–Trinajstić information content (AvgIpc) is 2.98. The molecule has 0 aliphatic carbocycles. The number of carbonyl (C=O) groups is 2. The maximum atomic E-state index is 12.7. The predicted octanol–water partition coefficient (Wildman–Crippen LogP) is 3.96. The lowest BCUT2D eigenvalue weighted by Gasteiger charge is -2.36. The van der Waals surface area contributed by atoms with Gasteiger partial charge in [-0.1, -0.05) is 42.5 Å². The van der Waals surface area contributed by atoms with Crippen molar-refractivity contribution >= 4 is 11.9 Å². The van der Waals surface area contributed by atoms with Gasteiger partial charge in [0.1, 0.15) is 11.5 Å². The molecule has 1 saturated heterocycles. The molecule has 1 fully saturated rings. The molecule has 0 radical (unpaired) electrons. The molecule has 0 spiro atoms. The molecule has 0 saturated carbocycles. The van der Waals surface area contributed by atoms with Crippen molar-refractivity contribution in [1.29, 1.82) is 0 Å². The van der Waals surface area contributed by atoms with Gasteiger partial charge in [0.2, 0.25) is 0 Å². The van der Waals surface area contributed by atoms with Gasteiger partial charge in [-0.2, -0.15) is 0 Å². The minimum absolute atomic E-state index is 0.00972. The first-order valence-electron chi connectivity index (χ1n) is 12.7. The van der Waals surface area contributed by atoms with Gasteiger partial charge in [0.15, 0.2) is 6.61 Å². The van der Waals surface area contributed by atoms with Crippen LogP contribution in [0.15, 0.2) is 78.9 Å². The summed E-state index contributed by atoms with van der Waals surface area (Å²) in [5.74, 6) is 1.09. The number of piperazine rings is 1. The summed E-state index contributed by atoms with van der Waals surface area (Å²) in [5, 5.41) is 0. The summed E-state index contributed by atoms with van der Waals surface area (Å²) in [6.45, 7) is 3.86. The SMILES string of the molecule is COC(=O)c1ccc(CO[C@@H](CN2CCN(C(=O)COc3ccccc3)CC2)c2cccc(OC)c2)cc1. The van der Waals surface area contributed by atoms with Gasteiger partial charge in [0.25, 0.3) is 5.91 Å². The lowest BCUT2D eigenvalue weighted by atomic mass is 10.1. The van der Waals surface area contributed by atoms with E-state index in [0.717, 1.165) is 30.0 Å². The molecule has 8 nitrogen and oxygen atoms in total. The lowest BCUT2D eigenvalue weighted by molar-refractivity contribution is -0.135. The molecule has 1 aliphatic heterocycles. The third-order valence-electron chi connectivity index (χ3n) is 6.55. The number of carbonyl (C=O) groups excluding carboxylic acids is 2. The summed E-state index contributed by atoms with van der Waals surface area (Å²) in [6.07, 6.45) is -0.200. The van der Waals surface area contributed by atoms with E-state index in [1.165, 1.54) is 7.11 Å². The molecular formula is C30H34N2O6. The Balaban J connectivity index is 1.34. The van der Waals surface area contributed by atoms with Crippen LogP contribution >= 0.6 is 0 Å². The van der Waals surface area contributed by atoms with Crippen molar-refractivity contribution in [2.45, 2.75) is 12.7 Å². The van der Waals surface area contributed by atoms with Crippen molar-refractivity contribution in [3.05, 3.63) is 95.6 Å². The van der Waals surface area contributed by atoms with Gasteiger partial charge in [-0.05, 0) is 47.5 Å². The zero-order chi connectivity index (χ0) is 26.7. The quantitative estimate of drug-likeness (QED) is 0.356. The van der Waals surface area contributed by atoms with Crippen LogP contribution in [0.4, 0.5) is 0 Å². The Hall–Kier alpha value is -3.88. The molecule has 1 amide bonds. The lowest BCUT2D eigenvalue weighted by Crippen LogP contribution is -2.50.